The molecule has 3 atom stereocenters. The molecule has 1 aromatic carbocycles. The Morgan fingerprint density at radius 1 is 1.14 bits per heavy atom. The summed E-state index contributed by atoms with van der Waals surface area (Å²) in [5.41, 5.74) is 1.98. The van der Waals surface area contributed by atoms with Gasteiger partial charge in [-0.1, -0.05) is 29.8 Å². The van der Waals surface area contributed by atoms with Gasteiger partial charge in [0.05, 0.1) is 12.6 Å². The fraction of sp³-hybridized carbons (Fsp3) is 0.636. The van der Waals surface area contributed by atoms with Crippen molar-refractivity contribution in [1.29, 1.82) is 0 Å². The maximum absolute atomic E-state index is 12.4. The minimum absolute atomic E-state index is 0.0316. The number of nitrogens with one attached hydrogen (secondary N) is 2. The zero-order valence-corrected chi connectivity index (χ0v) is 18.0. The van der Waals surface area contributed by atoms with Crippen molar-refractivity contribution >= 4 is 12.0 Å². The molecular formula is C22H35N3O3. The van der Waals surface area contributed by atoms with E-state index in [1.807, 2.05) is 39.8 Å². The van der Waals surface area contributed by atoms with Gasteiger partial charge in [-0.05, 0) is 72.5 Å². The summed E-state index contributed by atoms with van der Waals surface area (Å²) in [5.74, 6) is 0.331. The van der Waals surface area contributed by atoms with E-state index in [9.17, 15) is 9.59 Å². The van der Waals surface area contributed by atoms with Gasteiger partial charge in [0, 0.05) is 6.04 Å². The van der Waals surface area contributed by atoms with Crippen molar-refractivity contribution in [2.24, 2.45) is 0 Å². The summed E-state index contributed by atoms with van der Waals surface area (Å²) in [5, 5.41) is 6.11. The number of amides is 2. The van der Waals surface area contributed by atoms with E-state index in [1.165, 1.54) is 11.1 Å². The summed E-state index contributed by atoms with van der Waals surface area (Å²) in [6.45, 7) is 7.95. The molecule has 6 heteroatoms. The van der Waals surface area contributed by atoms with Crippen molar-refractivity contribution in [2.75, 3.05) is 20.6 Å². The predicted octanol–water partition coefficient (Wildman–Crippen LogP) is 3.20. The molecule has 28 heavy (non-hydrogen) atoms. The van der Waals surface area contributed by atoms with E-state index in [4.69, 9.17) is 4.74 Å². The molecule has 0 saturated heterocycles. The first-order valence-corrected chi connectivity index (χ1v) is 10.0. The second-order valence-electron chi connectivity index (χ2n) is 9.09. The van der Waals surface area contributed by atoms with Crippen LogP contribution < -0.4 is 10.6 Å². The lowest BCUT2D eigenvalue weighted by molar-refractivity contribution is -0.122. The van der Waals surface area contributed by atoms with E-state index in [0.717, 1.165) is 19.3 Å². The topological polar surface area (TPSA) is 70.7 Å². The molecule has 2 N–H and O–H groups in total. The summed E-state index contributed by atoms with van der Waals surface area (Å²) in [6, 6.07) is 8.27. The Balaban J connectivity index is 2.10. The first kappa shape index (κ1) is 22.2. The van der Waals surface area contributed by atoms with E-state index in [1.54, 1.807) is 0 Å². The molecule has 1 fully saturated rings. The number of rotatable bonds is 5. The van der Waals surface area contributed by atoms with Crippen molar-refractivity contribution < 1.29 is 14.3 Å². The normalized spacial score (nSPS) is 22.6. The van der Waals surface area contributed by atoms with Crippen LogP contribution in [0.1, 0.15) is 57.1 Å². The summed E-state index contributed by atoms with van der Waals surface area (Å²) in [4.78, 5) is 26.5. The summed E-state index contributed by atoms with van der Waals surface area (Å²) in [6.07, 6.45) is 2.12. The highest BCUT2D eigenvalue weighted by Crippen LogP contribution is 2.33. The number of aryl methyl sites for hydroxylation is 1. The fourth-order valence-corrected chi connectivity index (χ4v) is 3.73. The van der Waals surface area contributed by atoms with Gasteiger partial charge in [-0.25, -0.2) is 4.79 Å². The number of alkyl carbamates (subject to hydrolysis) is 1. The van der Waals surface area contributed by atoms with Gasteiger partial charge >= 0.3 is 6.09 Å². The van der Waals surface area contributed by atoms with Gasteiger partial charge in [0.2, 0.25) is 5.91 Å². The average Bonchev–Trinajstić information content (AvgIpc) is 2.54. The van der Waals surface area contributed by atoms with Crippen LogP contribution in [0.3, 0.4) is 0 Å². The SMILES string of the molecule is Cc1cccc([C@H]2CC[C@H](NC(=O)OC(C)(C)C)[C@@H](NC(=O)CN(C)C)C2)c1. The van der Waals surface area contributed by atoms with Crippen LogP contribution in [0.4, 0.5) is 4.79 Å². The van der Waals surface area contributed by atoms with E-state index in [-0.39, 0.29) is 18.0 Å². The maximum atomic E-state index is 12.4. The minimum atomic E-state index is -0.549. The van der Waals surface area contributed by atoms with Gasteiger partial charge in [0.15, 0.2) is 0 Å². The first-order valence-electron chi connectivity index (χ1n) is 10.0. The fourth-order valence-electron chi connectivity index (χ4n) is 3.73. The molecule has 0 unspecified atom stereocenters. The third-order valence-corrected chi connectivity index (χ3v) is 4.87. The van der Waals surface area contributed by atoms with Crippen molar-refractivity contribution in [3.05, 3.63) is 35.4 Å². The number of benzene rings is 1. The number of hydrogen-bond donors (Lipinski definition) is 2. The summed E-state index contributed by atoms with van der Waals surface area (Å²) < 4.78 is 5.41. The molecule has 156 valence electrons. The van der Waals surface area contributed by atoms with Crippen molar-refractivity contribution in [1.82, 2.24) is 15.5 Å². The molecule has 2 amide bonds. The van der Waals surface area contributed by atoms with E-state index >= 15 is 0 Å². The second-order valence-corrected chi connectivity index (χ2v) is 9.09. The van der Waals surface area contributed by atoms with Crippen LogP contribution in [-0.2, 0) is 9.53 Å². The lowest BCUT2D eigenvalue weighted by Gasteiger charge is -2.37. The largest absolute Gasteiger partial charge is 0.444 e. The molecule has 0 spiro atoms. The Bertz CT molecular complexity index is 682. The van der Waals surface area contributed by atoms with Crippen molar-refractivity contribution in [3.8, 4) is 0 Å². The van der Waals surface area contributed by atoms with Crippen LogP contribution in [0.2, 0.25) is 0 Å². The Morgan fingerprint density at radius 2 is 1.86 bits per heavy atom. The third kappa shape index (κ3) is 7.15. The minimum Gasteiger partial charge on any atom is -0.444 e. The van der Waals surface area contributed by atoms with Gasteiger partial charge in [-0.2, -0.15) is 0 Å². The average molecular weight is 390 g/mol. The summed E-state index contributed by atoms with van der Waals surface area (Å²) in [7, 11) is 3.73. The number of hydrogen-bond acceptors (Lipinski definition) is 4. The molecule has 1 aliphatic rings. The molecule has 0 aliphatic heterocycles. The molecule has 1 saturated carbocycles. The van der Waals surface area contributed by atoms with Crippen molar-refractivity contribution in [2.45, 2.75) is 70.6 Å². The van der Waals surface area contributed by atoms with Gasteiger partial charge in [-0.15, -0.1) is 0 Å². The quantitative estimate of drug-likeness (QED) is 0.811. The van der Waals surface area contributed by atoms with E-state index in [0.29, 0.717) is 12.5 Å². The molecular weight excluding hydrogens is 354 g/mol. The van der Waals surface area contributed by atoms with E-state index < -0.39 is 11.7 Å². The highest BCUT2D eigenvalue weighted by Gasteiger charge is 2.34. The molecule has 1 aromatic rings. The molecule has 2 rings (SSSR count). The second kappa shape index (κ2) is 9.41. The van der Waals surface area contributed by atoms with Crippen molar-refractivity contribution in [3.63, 3.8) is 0 Å². The Labute approximate surface area is 169 Å². The zero-order valence-electron chi connectivity index (χ0n) is 18.0. The molecule has 1 aliphatic carbocycles. The highest BCUT2D eigenvalue weighted by molar-refractivity contribution is 5.78. The van der Waals surface area contributed by atoms with Gasteiger partial charge < -0.3 is 20.3 Å². The Kier molecular flexibility index (Phi) is 7.47. The van der Waals surface area contributed by atoms with E-state index in [2.05, 4.69) is 41.8 Å². The third-order valence-electron chi connectivity index (χ3n) is 4.87. The van der Waals surface area contributed by atoms with Crippen LogP contribution in [-0.4, -0.2) is 55.2 Å². The smallest absolute Gasteiger partial charge is 0.407 e. The van der Waals surface area contributed by atoms with Gasteiger partial charge in [0.1, 0.15) is 5.60 Å². The first-order chi connectivity index (χ1) is 13.0. The van der Waals surface area contributed by atoms with Gasteiger partial charge in [-0.3, -0.25) is 4.79 Å². The van der Waals surface area contributed by atoms with Crippen LogP contribution >= 0.6 is 0 Å². The number of likely N-dealkylation sites (N-methyl/N-ethyl adjacent to an activating group) is 1. The Hall–Kier alpha value is -2.08. The van der Waals surface area contributed by atoms with Gasteiger partial charge in [0.25, 0.3) is 0 Å². The summed E-state index contributed by atoms with van der Waals surface area (Å²) >= 11 is 0. The maximum Gasteiger partial charge on any atom is 0.407 e. The number of nitrogens with zero attached hydrogens (tertiary/aromatic N) is 1. The molecule has 0 aromatic heterocycles. The zero-order chi connectivity index (χ0) is 20.9. The van der Waals surface area contributed by atoms with Crippen LogP contribution in [0.5, 0.6) is 0 Å². The standard InChI is InChI=1S/C22H35N3O3/c1-15-8-7-9-16(12-15)17-10-11-18(24-21(27)28-22(2,3)4)19(13-17)23-20(26)14-25(5)6/h7-9,12,17-19H,10-11,13-14H2,1-6H3,(H,23,26)(H,24,27)/t17-,18-,19-/m0/s1. The molecule has 0 heterocycles. The Morgan fingerprint density at radius 3 is 2.46 bits per heavy atom. The molecule has 0 bridgehead atoms. The predicted molar refractivity (Wildman–Crippen MR) is 111 cm³/mol. The lowest BCUT2D eigenvalue weighted by atomic mass is 9.78. The number of carbonyl (C=O) groups excluding carboxylic acids is 2. The molecule has 0 radical (unpaired) electrons. The molecule has 6 nitrogen and oxygen atoms in total. The highest BCUT2D eigenvalue weighted by atomic mass is 16.6. The number of carbonyl (C=O) groups is 2. The number of ether oxygens (including phenoxy) is 1. The van der Waals surface area contributed by atoms with Crippen LogP contribution in [0, 0.1) is 6.92 Å². The van der Waals surface area contributed by atoms with Crippen LogP contribution in [0.15, 0.2) is 24.3 Å². The lowest BCUT2D eigenvalue weighted by Crippen LogP contribution is -2.55. The van der Waals surface area contributed by atoms with Crippen LogP contribution in [0.25, 0.3) is 0 Å². The monoisotopic (exact) mass is 389 g/mol.